The quantitative estimate of drug-likeness (QED) is 0.0548. The number of alkyl carbamates (subject to hydrolysis) is 1. The third-order valence-corrected chi connectivity index (χ3v) is 11.8. The molecule has 0 heterocycles. The Kier molecular flexibility index (Phi) is 17.7. The highest BCUT2D eigenvalue weighted by atomic mass is 32.2. The summed E-state index contributed by atoms with van der Waals surface area (Å²) in [4.78, 5) is 53.6. The van der Waals surface area contributed by atoms with Gasteiger partial charge >= 0.3 is 12.1 Å². The Hall–Kier alpha value is -4.78. The lowest BCUT2D eigenvalue weighted by Crippen LogP contribution is -2.57. The lowest BCUT2D eigenvalue weighted by molar-refractivity contribution is -0.142. The molecule has 0 fully saturated rings. The minimum atomic E-state index is -1.09. The smallest absolute Gasteiger partial charge is 0.408 e. The van der Waals surface area contributed by atoms with E-state index < -0.39 is 58.4 Å². The summed E-state index contributed by atoms with van der Waals surface area (Å²) in [5.41, 5.74) is 3.14. The van der Waals surface area contributed by atoms with Crippen molar-refractivity contribution in [3.8, 4) is 0 Å². The molecule has 0 aliphatic heterocycles. The number of thioether (sulfide) groups is 2. The molecule has 5 N–H and O–H groups in total. The molecule has 4 aromatic carbocycles. The van der Waals surface area contributed by atoms with Gasteiger partial charge in [0.25, 0.3) is 0 Å². The molecule has 0 radical (unpaired) electrons. The Balaban J connectivity index is 1.64. The summed E-state index contributed by atoms with van der Waals surface area (Å²) in [6.07, 6.45) is 1.76. The second kappa shape index (κ2) is 22.4. The molecule has 10 nitrogen and oxygen atoms in total. The Morgan fingerprint density at radius 3 is 1.60 bits per heavy atom. The van der Waals surface area contributed by atoms with Crippen LogP contribution in [0.5, 0.6) is 0 Å². The molecule has 0 saturated heterocycles. The molecule has 0 saturated carbocycles. The summed E-state index contributed by atoms with van der Waals surface area (Å²) in [7, 11) is 0. The monoisotopic (exact) mass is 826 g/mol. The van der Waals surface area contributed by atoms with Crippen molar-refractivity contribution in [2.24, 2.45) is 5.92 Å². The fourth-order valence-electron chi connectivity index (χ4n) is 6.49. The predicted molar refractivity (Wildman–Crippen MR) is 236 cm³/mol. The average Bonchev–Trinajstić information content (AvgIpc) is 3.20. The number of nitrogens with one attached hydrogen (secondary N) is 4. The lowest BCUT2D eigenvalue weighted by atomic mass is 9.84. The third-order valence-electron chi connectivity index (χ3n) is 9.56. The van der Waals surface area contributed by atoms with Gasteiger partial charge in [0.05, 0.1) is 10.8 Å². The molecule has 310 valence electrons. The number of rotatable bonds is 21. The first kappa shape index (κ1) is 45.9. The Labute approximate surface area is 352 Å². The van der Waals surface area contributed by atoms with Crippen molar-refractivity contribution in [3.05, 3.63) is 144 Å². The van der Waals surface area contributed by atoms with E-state index in [1.54, 1.807) is 32.5 Å². The summed E-state index contributed by atoms with van der Waals surface area (Å²) >= 11 is 3.06. The zero-order valence-corrected chi connectivity index (χ0v) is 35.9. The highest BCUT2D eigenvalue weighted by molar-refractivity contribution is 8.00. The van der Waals surface area contributed by atoms with Gasteiger partial charge in [0.15, 0.2) is 0 Å². The van der Waals surface area contributed by atoms with E-state index >= 15 is 0 Å². The van der Waals surface area contributed by atoms with Gasteiger partial charge in [-0.05, 0) is 73.8 Å². The van der Waals surface area contributed by atoms with Crippen molar-refractivity contribution < 1.29 is 29.0 Å². The topological polar surface area (TPSA) is 146 Å². The molecule has 12 heteroatoms. The van der Waals surface area contributed by atoms with Gasteiger partial charge in [0.2, 0.25) is 11.8 Å². The Morgan fingerprint density at radius 1 is 0.672 bits per heavy atom. The van der Waals surface area contributed by atoms with Gasteiger partial charge in [-0.25, -0.2) is 9.59 Å². The Morgan fingerprint density at radius 2 is 1.16 bits per heavy atom. The molecule has 0 aliphatic rings. The predicted octanol–water partition coefficient (Wildman–Crippen LogP) is 7.27. The second-order valence-electron chi connectivity index (χ2n) is 15.5. The van der Waals surface area contributed by atoms with Gasteiger partial charge in [-0.1, -0.05) is 135 Å². The summed E-state index contributed by atoms with van der Waals surface area (Å²) in [6, 6.07) is 36.5. The van der Waals surface area contributed by atoms with Crippen molar-refractivity contribution >= 4 is 47.4 Å². The molecule has 0 spiro atoms. The largest absolute Gasteiger partial charge is 0.480 e. The maximum absolute atomic E-state index is 14.5. The Bertz CT molecular complexity index is 1780. The number of carbonyl (C=O) groups excluding carboxylic acids is 3. The van der Waals surface area contributed by atoms with Crippen LogP contribution in [0.4, 0.5) is 4.79 Å². The molecular weight excluding hydrogens is 769 g/mol. The van der Waals surface area contributed by atoms with E-state index in [-0.39, 0.29) is 24.6 Å². The zero-order valence-electron chi connectivity index (χ0n) is 34.3. The summed E-state index contributed by atoms with van der Waals surface area (Å²) < 4.78 is 4.90. The van der Waals surface area contributed by atoms with Crippen LogP contribution in [0.3, 0.4) is 0 Å². The number of carbonyl (C=O) groups is 4. The number of carboxylic acids is 1. The van der Waals surface area contributed by atoms with Crippen molar-refractivity contribution in [3.63, 3.8) is 0 Å². The van der Waals surface area contributed by atoms with E-state index in [0.717, 1.165) is 22.3 Å². The van der Waals surface area contributed by atoms with Crippen LogP contribution in [-0.4, -0.2) is 83.1 Å². The number of hydrogen-bond acceptors (Lipinski definition) is 8. The van der Waals surface area contributed by atoms with Crippen molar-refractivity contribution in [2.45, 2.75) is 82.0 Å². The average molecular weight is 827 g/mol. The standard InChI is InChI=1S/C46H58N4O6S2/c1-32(2)39(30-47-38(29-33-19-11-7-12-20-33)41(51)48-37(43(53)54)27-28-57-6)49-42(52)40(50-44(55)56-45(3,4)5)31-58-46(34-21-13-8-14-22-34,35-23-15-9-16-24-35)36-25-17-10-18-26-36/h7-26,32,37-40,47H,27-31H2,1-6H3,(H,48,51)(H,49,52)(H,50,55)(H,53,54)/t37?,38?,39?,40-/m1/s1. The highest BCUT2D eigenvalue weighted by Gasteiger charge is 2.39. The van der Waals surface area contributed by atoms with Gasteiger partial charge in [-0.2, -0.15) is 11.8 Å². The third kappa shape index (κ3) is 13.7. The minimum absolute atomic E-state index is 0.0860. The van der Waals surface area contributed by atoms with Gasteiger partial charge < -0.3 is 31.1 Å². The summed E-state index contributed by atoms with van der Waals surface area (Å²) in [5, 5.41) is 22.0. The van der Waals surface area contributed by atoms with E-state index in [9.17, 15) is 24.3 Å². The van der Waals surface area contributed by atoms with Crippen molar-refractivity contribution in [2.75, 3.05) is 24.3 Å². The minimum Gasteiger partial charge on any atom is -0.480 e. The van der Waals surface area contributed by atoms with E-state index in [2.05, 4.69) is 57.7 Å². The SMILES string of the molecule is CSCCC(NC(=O)C(Cc1ccccc1)NCC(NC(=O)[C@@H](CSC(c1ccccc1)(c1ccccc1)c1ccccc1)NC(=O)OC(C)(C)C)C(C)C)C(=O)O. The summed E-state index contributed by atoms with van der Waals surface area (Å²) in [5.74, 6) is -1.27. The van der Waals surface area contributed by atoms with Crippen molar-refractivity contribution in [1.82, 2.24) is 21.3 Å². The molecule has 0 aliphatic carbocycles. The van der Waals surface area contributed by atoms with E-state index in [0.29, 0.717) is 12.2 Å². The number of benzene rings is 4. The van der Waals surface area contributed by atoms with E-state index in [1.165, 1.54) is 11.8 Å². The number of hydrogen-bond donors (Lipinski definition) is 5. The molecule has 58 heavy (non-hydrogen) atoms. The van der Waals surface area contributed by atoms with Crippen LogP contribution < -0.4 is 21.3 Å². The maximum Gasteiger partial charge on any atom is 0.408 e. The van der Waals surface area contributed by atoms with Crippen LogP contribution in [0, 0.1) is 5.92 Å². The fourth-order valence-corrected chi connectivity index (χ4v) is 8.52. The molecule has 4 atom stereocenters. The maximum atomic E-state index is 14.5. The van der Waals surface area contributed by atoms with Crippen LogP contribution >= 0.6 is 23.5 Å². The van der Waals surface area contributed by atoms with Crippen molar-refractivity contribution in [1.29, 1.82) is 0 Å². The highest BCUT2D eigenvalue weighted by Crippen LogP contribution is 2.48. The molecule has 4 aromatic rings. The van der Waals surface area contributed by atoms with Crippen LogP contribution in [0.2, 0.25) is 0 Å². The van der Waals surface area contributed by atoms with Gasteiger partial charge in [-0.3, -0.25) is 9.59 Å². The van der Waals surface area contributed by atoms with Gasteiger partial charge in [0, 0.05) is 18.3 Å². The molecule has 4 rings (SSSR count). The number of amides is 3. The second-order valence-corrected chi connectivity index (χ2v) is 17.7. The van der Waals surface area contributed by atoms with E-state index in [1.807, 2.05) is 105 Å². The molecule has 3 unspecified atom stereocenters. The van der Waals surface area contributed by atoms with Crippen LogP contribution in [0.25, 0.3) is 0 Å². The van der Waals surface area contributed by atoms with Crippen LogP contribution in [-0.2, 0) is 30.3 Å². The van der Waals surface area contributed by atoms with Gasteiger partial charge in [-0.15, -0.1) is 11.8 Å². The lowest BCUT2D eigenvalue weighted by Gasteiger charge is -2.37. The molecular formula is C46H58N4O6S2. The number of carboxylic acid groups (broad SMARTS) is 1. The normalized spacial score (nSPS) is 13.8. The first-order valence-corrected chi connectivity index (χ1v) is 22.0. The fraction of sp³-hybridized carbons (Fsp3) is 0.391. The van der Waals surface area contributed by atoms with Crippen LogP contribution in [0.1, 0.15) is 63.3 Å². The molecule has 0 bridgehead atoms. The first-order valence-electron chi connectivity index (χ1n) is 19.6. The molecule has 3 amide bonds. The van der Waals surface area contributed by atoms with Crippen LogP contribution in [0.15, 0.2) is 121 Å². The van der Waals surface area contributed by atoms with E-state index in [4.69, 9.17) is 4.74 Å². The first-order chi connectivity index (χ1) is 27.7. The number of ether oxygens (including phenoxy) is 1. The molecule has 0 aromatic heterocycles. The van der Waals surface area contributed by atoms with Gasteiger partial charge in [0.1, 0.15) is 17.7 Å². The summed E-state index contributed by atoms with van der Waals surface area (Å²) in [6.45, 7) is 9.45. The number of aliphatic carboxylic acids is 1. The zero-order chi connectivity index (χ0) is 42.1.